The Balaban J connectivity index is 1.39. The van der Waals surface area contributed by atoms with Gasteiger partial charge in [-0.05, 0) is 42.7 Å². The average molecular weight is 307 g/mol. The van der Waals surface area contributed by atoms with Gasteiger partial charge in [0.2, 0.25) is 0 Å². The molecule has 0 radical (unpaired) electrons. The molecule has 2 aromatic carbocycles. The molecule has 0 aliphatic heterocycles. The van der Waals surface area contributed by atoms with E-state index in [0.29, 0.717) is 24.2 Å². The summed E-state index contributed by atoms with van der Waals surface area (Å²) in [5.41, 5.74) is 3.36. The van der Waals surface area contributed by atoms with Gasteiger partial charge in [0.15, 0.2) is 5.58 Å². The Kier molecular flexibility index (Phi) is 3.46. The molecule has 1 heterocycles. The first-order valence-corrected chi connectivity index (χ1v) is 7.77. The van der Waals surface area contributed by atoms with Crippen LogP contribution in [0.5, 0.6) is 0 Å². The molecule has 1 saturated carbocycles. The van der Waals surface area contributed by atoms with Crippen LogP contribution in [0.4, 0.5) is 6.01 Å². The maximum atomic E-state index is 11.9. The first-order valence-electron chi connectivity index (χ1n) is 7.77. The van der Waals surface area contributed by atoms with Gasteiger partial charge in [0.25, 0.3) is 11.9 Å². The minimum Gasteiger partial charge on any atom is -0.424 e. The summed E-state index contributed by atoms with van der Waals surface area (Å²) in [6.07, 6.45) is 2.19. The number of anilines is 1. The molecule has 0 atom stereocenters. The lowest BCUT2D eigenvalue weighted by molar-refractivity contribution is 0.0951. The molecule has 1 amide bonds. The van der Waals surface area contributed by atoms with Crippen molar-refractivity contribution in [2.75, 3.05) is 5.32 Å². The number of oxazole rings is 1. The minimum atomic E-state index is 0.00552. The van der Waals surface area contributed by atoms with E-state index >= 15 is 0 Å². The van der Waals surface area contributed by atoms with Crippen LogP contribution in [0.1, 0.15) is 28.8 Å². The second kappa shape index (κ2) is 5.76. The van der Waals surface area contributed by atoms with Crippen molar-refractivity contribution in [3.8, 4) is 0 Å². The molecule has 1 aliphatic carbocycles. The molecule has 116 valence electrons. The van der Waals surface area contributed by atoms with Crippen LogP contribution in [0.3, 0.4) is 0 Å². The molecule has 0 spiro atoms. The van der Waals surface area contributed by atoms with Gasteiger partial charge in [-0.1, -0.05) is 24.3 Å². The normalized spacial score (nSPS) is 13.9. The van der Waals surface area contributed by atoms with Crippen LogP contribution in [0.25, 0.3) is 11.1 Å². The number of rotatable bonds is 5. The van der Waals surface area contributed by atoms with Crippen LogP contribution in [-0.2, 0) is 6.54 Å². The average Bonchev–Trinajstić information content (AvgIpc) is 3.29. The van der Waals surface area contributed by atoms with Gasteiger partial charge in [-0.2, -0.15) is 4.98 Å². The molecule has 1 aliphatic rings. The number of nitrogens with zero attached hydrogens (tertiary/aromatic N) is 1. The number of amides is 1. The third kappa shape index (κ3) is 3.18. The van der Waals surface area contributed by atoms with Crippen molar-refractivity contribution in [3.05, 3.63) is 59.7 Å². The molecular formula is C18H17N3O2. The van der Waals surface area contributed by atoms with E-state index in [4.69, 9.17) is 4.42 Å². The number of aromatic nitrogens is 1. The highest BCUT2D eigenvalue weighted by molar-refractivity contribution is 5.94. The molecule has 1 aromatic heterocycles. The SMILES string of the molecule is O=C(NC1CC1)c1ccc(CNc2nc3ccccc3o2)cc1. The lowest BCUT2D eigenvalue weighted by Gasteiger charge is -2.05. The van der Waals surface area contributed by atoms with E-state index in [1.807, 2.05) is 48.5 Å². The molecule has 5 nitrogen and oxygen atoms in total. The van der Waals surface area contributed by atoms with Crippen LogP contribution in [0.15, 0.2) is 52.9 Å². The van der Waals surface area contributed by atoms with E-state index in [2.05, 4.69) is 15.6 Å². The van der Waals surface area contributed by atoms with Gasteiger partial charge in [0, 0.05) is 18.2 Å². The van der Waals surface area contributed by atoms with Crippen LogP contribution in [0.2, 0.25) is 0 Å². The second-order valence-electron chi connectivity index (χ2n) is 5.78. The van der Waals surface area contributed by atoms with Crippen molar-refractivity contribution in [1.82, 2.24) is 10.3 Å². The van der Waals surface area contributed by atoms with E-state index in [1.165, 1.54) is 0 Å². The van der Waals surface area contributed by atoms with Gasteiger partial charge < -0.3 is 15.1 Å². The number of benzene rings is 2. The maximum absolute atomic E-state index is 11.9. The zero-order chi connectivity index (χ0) is 15.6. The Bertz CT molecular complexity index is 802. The lowest BCUT2D eigenvalue weighted by atomic mass is 10.1. The Morgan fingerprint density at radius 3 is 2.65 bits per heavy atom. The number of carbonyl (C=O) groups excluding carboxylic acids is 1. The van der Waals surface area contributed by atoms with E-state index < -0.39 is 0 Å². The number of nitrogens with one attached hydrogen (secondary N) is 2. The van der Waals surface area contributed by atoms with Gasteiger partial charge >= 0.3 is 0 Å². The van der Waals surface area contributed by atoms with Gasteiger partial charge in [-0.15, -0.1) is 0 Å². The summed E-state index contributed by atoms with van der Waals surface area (Å²) < 4.78 is 5.62. The summed E-state index contributed by atoms with van der Waals surface area (Å²) in [6.45, 7) is 0.595. The molecule has 1 fully saturated rings. The van der Waals surface area contributed by atoms with Crippen LogP contribution < -0.4 is 10.6 Å². The maximum Gasteiger partial charge on any atom is 0.295 e. The fraction of sp³-hybridized carbons (Fsp3) is 0.222. The molecule has 3 aromatic rings. The fourth-order valence-electron chi connectivity index (χ4n) is 2.40. The second-order valence-corrected chi connectivity index (χ2v) is 5.78. The van der Waals surface area contributed by atoms with Crippen molar-refractivity contribution < 1.29 is 9.21 Å². The molecule has 5 heteroatoms. The monoisotopic (exact) mass is 307 g/mol. The smallest absolute Gasteiger partial charge is 0.295 e. The van der Waals surface area contributed by atoms with Crippen molar-refractivity contribution in [3.63, 3.8) is 0 Å². The Morgan fingerprint density at radius 2 is 1.91 bits per heavy atom. The summed E-state index contributed by atoms with van der Waals surface area (Å²) in [4.78, 5) is 16.3. The van der Waals surface area contributed by atoms with E-state index in [1.54, 1.807) is 0 Å². The Morgan fingerprint density at radius 1 is 1.13 bits per heavy atom. The summed E-state index contributed by atoms with van der Waals surface area (Å²) in [7, 11) is 0. The zero-order valence-electron chi connectivity index (χ0n) is 12.6. The Labute approximate surface area is 133 Å². The van der Waals surface area contributed by atoms with Crippen molar-refractivity contribution in [2.24, 2.45) is 0 Å². The highest BCUT2D eigenvalue weighted by Gasteiger charge is 2.23. The van der Waals surface area contributed by atoms with Gasteiger partial charge in [-0.25, -0.2) is 0 Å². The summed E-state index contributed by atoms with van der Waals surface area (Å²) in [6, 6.07) is 16.1. The number of carbonyl (C=O) groups is 1. The molecule has 4 rings (SSSR count). The van der Waals surface area contributed by atoms with E-state index in [0.717, 1.165) is 29.5 Å². The van der Waals surface area contributed by atoms with Crippen LogP contribution in [0, 0.1) is 0 Å². The number of fused-ring (bicyclic) bond motifs is 1. The van der Waals surface area contributed by atoms with Crippen LogP contribution in [-0.4, -0.2) is 16.9 Å². The summed E-state index contributed by atoms with van der Waals surface area (Å²) in [5, 5.41) is 6.15. The molecule has 23 heavy (non-hydrogen) atoms. The Hall–Kier alpha value is -2.82. The van der Waals surface area contributed by atoms with Crippen molar-refractivity contribution in [1.29, 1.82) is 0 Å². The van der Waals surface area contributed by atoms with Crippen LogP contribution >= 0.6 is 0 Å². The molecular weight excluding hydrogens is 290 g/mol. The molecule has 0 saturated heterocycles. The summed E-state index contributed by atoms with van der Waals surface area (Å²) >= 11 is 0. The molecule has 0 unspecified atom stereocenters. The molecule has 0 bridgehead atoms. The predicted molar refractivity (Wildman–Crippen MR) is 88.3 cm³/mol. The number of hydrogen-bond acceptors (Lipinski definition) is 4. The minimum absolute atomic E-state index is 0.00552. The zero-order valence-corrected chi connectivity index (χ0v) is 12.6. The van der Waals surface area contributed by atoms with Gasteiger partial charge in [0.1, 0.15) is 5.52 Å². The predicted octanol–water partition coefficient (Wildman–Crippen LogP) is 3.33. The van der Waals surface area contributed by atoms with E-state index in [-0.39, 0.29) is 5.91 Å². The first-order chi connectivity index (χ1) is 11.3. The summed E-state index contributed by atoms with van der Waals surface area (Å²) in [5.74, 6) is 0.00552. The lowest BCUT2D eigenvalue weighted by Crippen LogP contribution is -2.25. The number of hydrogen-bond donors (Lipinski definition) is 2. The fourth-order valence-corrected chi connectivity index (χ4v) is 2.40. The third-order valence-corrected chi connectivity index (χ3v) is 3.87. The topological polar surface area (TPSA) is 67.2 Å². The quantitative estimate of drug-likeness (QED) is 0.758. The third-order valence-electron chi connectivity index (χ3n) is 3.87. The standard InChI is InChI=1S/C18H17N3O2/c22-17(20-14-9-10-14)13-7-5-12(6-8-13)11-19-18-21-15-3-1-2-4-16(15)23-18/h1-8,14H,9-11H2,(H,19,21)(H,20,22). The molecule has 2 N–H and O–H groups in total. The first kappa shape index (κ1) is 13.8. The van der Waals surface area contributed by atoms with Crippen molar-refractivity contribution >= 4 is 23.0 Å². The largest absolute Gasteiger partial charge is 0.424 e. The van der Waals surface area contributed by atoms with Gasteiger partial charge in [-0.3, -0.25) is 4.79 Å². The van der Waals surface area contributed by atoms with E-state index in [9.17, 15) is 4.79 Å². The van der Waals surface area contributed by atoms with Crippen molar-refractivity contribution in [2.45, 2.75) is 25.4 Å². The van der Waals surface area contributed by atoms with Gasteiger partial charge in [0.05, 0.1) is 0 Å². The highest BCUT2D eigenvalue weighted by atomic mass is 16.4. The number of para-hydroxylation sites is 2. The highest BCUT2D eigenvalue weighted by Crippen LogP contribution is 2.20.